The van der Waals surface area contributed by atoms with E-state index >= 15 is 0 Å². The summed E-state index contributed by atoms with van der Waals surface area (Å²) in [6.07, 6.45) is 0.792. The summed E-state index contributed by atoms with van der Waals surface area (Å²) >= 11 is 0. The molecule has 0 radical (unpaired) electrons. The van der Waals surface area contributed by atoms with Crippen LogP contribution in [0.2, 0.25) is 0 Å². The molecule has 1 N–H and O–H groups in total. The summed E-state index contributed by atoms with van der Waals surface area (Å²) in [4.78, 5) is 21.5. The first-order valence-electron chi connectivity index (χ1n) is 6.52. The zero-order valence-corrected chi connectivity index (χ0v) is 11.1. The molecular formula is C17H12O4. The van der Waals surface area contributed by atoms with Crippen molar-refractivity contribution in [1.82, 2.24) is 0 Å². The molecule has 1 heterocycles. The third kappa shape index (κ3) is 2.57. The molecule has 0 bridgehead atoms. The van der Waals surface area contributed by atoms with E-state index in [1.165, 1.54) is 5.94 Å². The minimum atomic E-state index is -1.23. The number of carbonyl (C=O) groups excluding carboxylic acids is 1. The van der Waals surface area contributed by atoms with Crippen molar-refractivity contribution in [3.05, 3.63) is 64.7 Å². The number of ether oxygens (including phenoxy) is 1. The Bertz CT molecular complexity index is 770. The molecule has 0 aliphatic carbocycles. The maximum absolute atomic E-state index is 10.9. The fourth-order valence-electron chi connectivity index (χ4n) is 2.41. The molecule has 0 amide bonds. The number of hydrogen-bond donors (Lipinski definition) is 1. The first-order chi connectivity index (χ1) is 10.2. The van der Waals surface area contributed by atoms with Gasteiger partial charge in [-0.15, -0.1) is 0 Å². The Labute approximate surface area is 121 Å². The molecule has 0 spiro atoms. The Morgan fingerprint density at radius 2 is 1.90 bits per heavy atom. The molecule has 1 aliphatic rings. The standard InChI is InChI=1S/C17H12O4/c18-10-14(17(19)20)8-11-5-6-16-13(7-11)9-12-3-1-2-4-15(12)21-16/h1-7H,8-9H2,(H,19,20). The van der Waals surface area contributed by atoms with Crippen LogP contribution in [0.25, 0.3) is 0 Å². The molecule has 2 aromatic rings. The van der Waals surface area contributed by atoms with E-state index in [4.69, 9.17) is 9.84 Å². The summed E-state index contributed by atoms with van der Waals surface area (Å²) in [6.45, 7) is 0. The lowest BCUT2D eigenvalue weighted by Gasteiger charge is -2.20. The van der Waals surface area contributed by atoms with Crippen LogP contribution in [-0.2, 0) is 22.4 Å². The number of carboxylic acids is 1. The highest BCUT2D eigenvalue weighted by atomic mass is 16.5. The average Bonchev–Trinajstić information content (AvgIpc) is 2.50. The first-order valence-corrected chi connectivity index (χ1v) is 6.52. The van der Waals surface area contributed by atoms with Crippen LogP contribution >= 0.6 is 0 Å². The molecule has 4 heteroatoms. The van der Waals surface area contributed by atoms with Crippen molar-refractivity contribution in [2.75, 3.05) is 0 Å². The molecule has 0 aromatic heterocycles. The number of hydrogen-bond acceptors (Lipinski definition) is 3. The highest BCUT2D eigenvalue weighted by molar-refractivity contribution is 5.95. The minimum Gasteiger partial charge on any atom is -0.477 e. The summed E-state index contributed by atoms with van der Waals surface area (Å²) in [5.41, 5.74) is 2.57. The quantitative estimate of drug-likeness (QED) is 0.592. The van der Waals surface area contributed by atoms with Crippen molar-refractivity contribution in [2.24, 2.45) is 0 Å². The number of aliphatic carboxylic acids is 1. The molecule has 0 saturated carbocycles. The van der Waals surface area contributed by atoms with Gasteiger partial charge in [-0.3, -0.25) is 0 Å². The van der Waals surface area contributed by atoms with Crippen molar-refractivity contribution in [3.63, 3.8) is 0 Å². The van der Waals surface area contributed by atoms with Gasteiger partial charge in [0, 0.05) is 12.8 Å². The number of carbonyl (C=O) groups is 1. The molecular weight excluding hydrogens is 268 g/mol. The van der Waals surface area contributed by atoms with E-state index in [0.29, 0.717) is 0 Å². The smallest absolute Gasteiger partial charge is 0.343 e. The Morgan fingerprint density at radius 3 is 2.67 bits per heavy atom. The lowest BCUT2D eigenvalue weighted by atomic mass is 9.96. The summed E-state index contributed by atoms with van der Waals surface area (Å²) in [5.74, 6) is 1.86. The fourth-order valence-corrected chi connectivity index (χ4v) is 2.41. The van der Waals surface area contributed by atoms with Gasteiger partial charge < -0.3 is 9.84 Å². The van der Waals surface area contributed by atoms with Crippen LogP contribution in [0.5, 0.6) is 11.5 Å². The van der Waals surface area contributed by atoms with Crippen molar-refractivity contribution >= 4 is 11.9 Å². The Morgan fingerprint density at radius 1 is 1.14 bits per heavy atom. The Hall–Kier alpha value is -2.84. The predicted molar refractivity (Wildman–Crippen MR) is 76.3 cm³/mol. The van der Waals surface area contributed by atoms with Gasteiger partial charge in [0.25, 0.3) is 0 Å². The van der Waals surface area contributed by atoms with E-state index in [1.54, 1.807) is 6.07 Å². The largest absolute Gasteiger partial charge is 0.477 e. The number of benzene rings is 2. The van der Waals surface area contributed by atoms with Crippen LogP contribution in [0.3, 0.4) is 0 Å². The van der Waals surface area contributed by atoms with Crippen LogP contribution in [0.1, 0.15) is 16.7 Å². The van der Waals surface area contributed by atoms with Crippen molar-refractivity contribution < 1.29 is 19.4 Å². The van der Waals surface area contributed by atoms with Gasteiger partial charge in [-0.1, -0.05) is 30.3 Å². The van der Waals surface area contributed by atoms with Gasteiger partial charge in [0.1, 0.15) is 23.0 Å². The van der Waals surface area contributed by atoms with E-state index in [2.05, 4.69) is 0 Å². The third-order valence-corrected chi connectivity index (χ3v) is 3.46. The second kappa shape index (κ2) is 5.27. The average molecular weight is 280 g/mol. The second-order valence-electron chi connectivity index (χ2n) is 4.89. The van der Waals surface area contributed by atoms with Gasteiger partial charge in [0.2, 0.25) is 0 Å². The SMILES string of the molecule is O=C=C(Cc1ccc2c(c1)Cc1ccccc1O2)C(=O)O. The number of para-hydroxylation sites is 1. The molecule has 21 heavy (non-hydrogen) atoms. The molecule has 3 rings (SSSR count). The molecule has 0 atom stereocenters. The topological polar surface area (TPSA) is 63.6 Å². The summed E-state index contributed by atoms with van der Waals surface area (Å²) in [6, 6.07) is 13.3. The zero-order chi connectivity index (χ0) is 14.8. The van der Waals surface area contributed by atoms with E-state index in [0.717, 1.165) is 34.6 Å². The number of fused-ring (bicyclic) bond motifs is 2. The molecule has 1 aliphatic heterocycles. The maximum Gasteiger partial charge on any atom is 0.343 e. The number of rotatable bonds is 3. The predicted octanol–water partition coefficient (Wildman–Crippen LogP) is 2.77. The third-order valence-electron chi connectivity index (χ3n) is 3.46. The van der Waals surface area contributed by atoms with E-state index in [-0.39, 0.29) is 12.0 Å². The maximum atomic E-state index is 10.9. The fraction of sp³-hybridized carbons (Fsp3) is 0.118. The minimum absolute atomic E-state index is 0.0633. The van der Waals surface area contributed by atoms with Crippen LogP contribution in [0.4, 0.5) is 0 Å². The van der Waals surface area contributed by atoms with Crippen molar-refractivity contribution in [2.45, 2.75) is 12.8 Å². The zero-order valence-electron chi connectivity index (χ0n) is 11.1. The van der Waals surface area contributed by atoms with Gasteiger partial charge in [0.15, 0.2) is 0 Å². The molecule has 104 valence electrons. The van der Waals surface area contributed by atoms with Gasteiger partial charge in [0.05, 0.1) is 0 Å². The van der Waals surface area contributed by atoms with Crippen molar-refractivity contribution in [1.29, 1.82) is 0 Å². The Balaban J connectivity index is 1.90. The summed E-state index contributed by atoms with van der Waals surface area (Å²) < 4.78 is 5.81. The lowest BCUT2D eigenvalue weighted by molar-refractivity contribution is -0.132. The summed E-state index contributed by atoms with van der Waals surface area (Å²) in [5, 5.41) is 8.88. The number of carboxylic acid groups (broad SMARTS) is 1. The Kier molecular flexibility index (Phi) is 3.30. The van der Waals surface area contributed by atoms with Gasteiger partial charge in [-0.2, -0.15) is 0 Å². The van der Waals surface area contributed by atoms with Gasteiger partial charge in [-0.25, -0.2) is 9.59 Å². The van der Waals surface area contributed by atoms with Crippen LogP contribution < -0.4 is 4.74 Å². The molecule has 4 nitrogen and oxygen atoms in total. The monoisotopic (exact) mass is 280 g/mol. The van der Waals surface area contributed by atoms with Crippen LogP contribution in [-0.4, -0.2) is 17.0 Å². The van der Waals surface area contributed by atoms with Crippen LogP contribution in [0, 0.1) is 0 Å². The van der Waals surface area contributed by atoms with E-state index < -0.39 is 5.97 Å². The highest BCUT2D eigenvalue weighted by Gasteiger charge is 2.17. The highest BCUT2D eigenvalue weighted by Crippen LogP contribution is 2.36. The lowest BCUT2D eigenvalue weighted by Crippen LogP contribution is -2.07. The molecule has 2 aromatic carbocycles. The van der Waals surface area contributed by atoms with E-state index in [1.807, 2.05) is 36.4 Å². The molecule has 0 fully saturated rings. The molecule has 0 unspecified atom stereocenters. The van der Waals surface area contributed by atoms with E-state index in [9.17, 15) is 9.59 Å². The van der Waals surface area contributed by atoms with Crippen molar-refractivity contribution in [3.8, 4) is 11.5 Å². The van der Waals surface area contributed by atoms with Gasteiger partial charge in [-0.05, 0) is 28.8 Å². The molecule has 0 saturated heterocycles. The van der Waals surface area contributed by atoms with Gasteiger partial charge >= 0.3 is 5.97 Å². The normalized spacial score (nSPS) is 11.6. The second-order valence-corrected chi connectivity index (χ2v) is 4.89. The summed E-state index contributed by atoms with van der Waals surface area (Å²) in [7, 11) is 0. The first kappa shape index (κ1) is 13.2. The van der Waals surface area contributed by atoms with Crippen LogP contribution in [0.15, 0.2) is 48.0 Å².